The highest BCUT2D eigenvalue weighted by molar-refractivity contribution is 4.96. The second-order valence-corrected chi connectivity index (χ2v) is 7.06. The van der Waals surface area contributed by atoms with E-state index in [1.54, 1.807) is 0 Å². The van der Waals surface area contributed by atoms with Gasteiger partial charge in [0.05, 0.1) is 13.2 Å². The third kappa shape index (κ3) is 2.59. The highest BCUT2D eigenvalue weighted by Crippen LogP contribution is 2.34. The predicted octanol–water partition coefficient (Wildman–Crippen LogP) is 2.02. The average molecular weight is 252 g/mol. The number of rotatable bonds is 2. The van der Waals surface area contributed by atoms with Crippen LogP contribution in [-0.2, 0) is 4.74 Å². The molecular weight excluding hydrogens is 224 g/mol. The van der Waals surface area contributed by atoms with E-state index < -0.39 is 0 Å². The SMILES string of the molecule is CC1(C)COCCN1CC1CC2CCCCC2N1. The first-order chi connectivity index (χ1) is 8.65. The molecule has 3 rings (SSSR count). The van der Waals surface area contributed by atoms with E-state index in [-0.39, 0.29) is 5.54 Å². The lowest BCUT2D eigenvalue weighted by atomic mass is 9.85. The number of nitrogens with one attached hydrogen (secondary N) is 1. The Hall–Kier alpha value is -0.120. The van der Waals surface area contributed by atoms with Gasteiger partial charge in [0, 0.05) is 30.7 Å². The second-order valence-electron chi connectivity index (χ2n) is 7.06. The van der Waals surface area contributed by atoms with E-state index in [1.807, 2.05) is 0 Å². The fourth-order valence-corrected chi connectivity index (χ4v) is 4.07. The van der Waals surface area contributed by atoms with Crippen molar-refractivity contribution >= 4 is 0 Å². The van der Waals surface area contributed by atoms with E-state index >= 15 is 0 Å². The average Bonchev–Trinajstić information content (AvgIpc) is 2.74. The summed E-state index contributed by atoms with van der Waals surface area (Å²) in [5, 5.41) is 3.90. The van der Waals surface area contributed by atoms with Crippen LogP contribution in [0.4, 0.5) is 0 Å². The van der Waals surface area contributed by atoms with E-state index in [0.29, 0.717) is 0 Å². The fourth-order valence-electron chi connectivity index (χ4n) is 4.07. The molecule has 104 valence electrons. The monoisotopic (exact) mass is 252 g/mol. The van der Waals surface area contributed by atoms with E-state index in [9.17, 15) is 0 Å². The summed E-state index contributed by atoms with van der Waals surface area (Å²) in [6.45, 7) is 8.72. The number of hydrogen-bond donors (Lipinski definition) is 1. The van der Waals surface area contributed by atoms with Crippen LogP contribution in [0.2, 0.25) is 0 Å². The Kier molecular flexibility index (Phi) is 3.65. The first kappa shape index (κ1) is 12.9. The van der Waals surface area contributed by atoms with E-state index in [0.717, 1.165) is 37.8 Å². The van der Waals surface area contributed by atoms with Gasteiger partial charge in [0.1, 0.15) is 0 Å². The van der Waals surface area contributed by atoms with Gasteiger partial charge in [0.25, 0.3) is 0 Å². The molecule has 0 bridgehead atoms. The molecule has 2 saturated heterocycles. The van der Waals surface area contributed by atoms with Crippen LogP contribution in [0.3, 0.4) is 0 Å². The zero-order valence-electron chi connectivity index (χ0n) is 12.0. The minimum atomic E-state index is 0.216. The van der Waals surface area contributed by atoms with Crippen LogP contribution in [0.1, 0.15) is 46.0 Å². The van der Waals surface area contributed by atoms with Gasteiger partial charge in [0.2, 0.25) is 0 Å². The number of morpholine rings is 1. The van der Waals surface area contributed by atoms with Crippen molar-refractivity contribution < 1.29 is 4.74 Å². The van der Waals surface area contributed by atoms with Gasteiger partial charge in [-0.15, -0.1) is 0 Å². The summed E-state index contributed by atoms with van der Waals surface area (Å²) in [6.07, 6.45) is 7.16. The largest absolute Gasteiger partial charge is 0.378 e. The van der Waals surface area contributed by atoms with Crippen LogP contribution in [0.5, 0.6) is 0 Å². The summed E-state index contributed by atoms with van der Waals surface area (Å²) in [6, 6.07) is 1.54. The molecule has 1 N–H and O–H groups in total. The van der Waals surface area contributed by atoms with Crippen LogP contribution in [0.15, 0.2) is 0 Å². The fraction of sp³-hybridized carbons (Fsp3) is 1.00. The number of ether oxygens (including phenoxy) is 1. The third-order valence-electron chi connectivity index (χ3n) is 5.20. The molecule has 1 aliphatic carbocycles. The standard InChI is InChI=1S/C15H28N2O/c1-15(2)11-18-8-7-17(15)10-13-9-12-5-3-4-6-14(12)16-13/h12-14,16H,3-11H2,1-2H3. The van der Waals surface area contributed by atoms with Crippen molar-refractivity contribution in [3.05, 3.63) is 0 Å². The summed E-state index contributed by atoms with van der Waals surface area (Å²) in [5.74, 6) is 0.966. The van der Waals surface area contributed by atoms with Gasteiger partial charge in [-0.2, -0.15) is 0 Å². The quantitative estimate of drug-likeness (QED) is 0.814. The van der Waals surface area contributed by atoms with Crippen LogP contribution in [-0.4, -0.2) is 48.8 Å². The Morgan fingerprint density at radius 1 is 1.28 bits per heavy atom. The van der Waals surface area contributed by atoms with Gasteiger partial charge in [-0.3, -0.25) is 4.90 Å². The van der Waals surface area contributed by atoms with E-state index in [2.05, 4.69) is 24.1 Å². The second kappa shape index (κ2) is 5.10. The molecule has 1 saturated carbocycles. The number of fused-ring (bicyclic) bond motifs is 1. The Bertz CT molecular complexity index is 278. The van der Waals surface area contributed by atoms with Crippen LogP contribution in [0, 0.1) is 5.92 Å². The summed E-state index contributed by atoms with van der Waals surface area (Å²) >= 11 is 0. The van der Waals surface area contributed by atoms with E-state index in [1.165, 1.54) is 38.6 Å². The number of nitrogens with zero attached hydrogens (tertiary/aromatic N) is 1. The lowest BCUT2D eigenvalue weighted by Crippen LogP contribution is -2.56. The van der Waals surface area contributed by atoms with Crippen LogP contribution >= 0.6 is 0 Å². The summed E-state index contributed by atoms with van der Waals surface area (Å²) < 4.78 is 5.61. The Labute approximate surface area is 111 Å². The molecule has 3 aliphatic rings. The van der Waals surface area contributed by atoms with Gasteiger partial charge in [-0.05, 0) is 39.0 Å². The van der Waals surface area contributed by atoms with Gasteiger partial charge in [-0.1, -0.05) is 12.8 Å². The van der Waals surface area contributed by atoms with Gasteiger partial charge < -0.3 is 10.1 Å². The van der Waals surface area contributed by atoms with Crippen LogP contribution in [0.25, 0.3) is 0 Å². The molecule has 2 heterocycles. The van der Waals surface area contributed by atoms with Crippen molar-refractivity contribution in [3.63, 3.8) is 0 Å². The first-order valence-corrected chi connectivity index (χ1v) is 7.74. The van der Waals surface area contributed by atoms with Gasteiger partial charge in [0.15, 0.2) is 0 Å². The van der Waals surface area contributed by atoms with E-state index in [4.69, 9.17) is 4.74 Å². The normalized spacial score (nSPS) is 40.7. The molecule has 3 fully saturated rings. The lowest BCUT2D eigenvalue weighted by molar-refractivity contribution is -0.0539. The molecule has 0 radical (unpaired) electrons. The minimum Gasteiger partial charge on any atom is -0.378 e. The molecular formula is C15H28N2O. The maximum Gasteiger partial charge on any atom is 0.0645 e. The zero-order valence-corrected chi connectivity index (χ0v) is 12.0. The third-order valence-corrected chi connectivity index (χ3v) is 5.20. The molecule has 3 nitrogen and oxygen atoms in total. The van der Waals surface area contributed by atoms with Gasteiger partial charge >= 0.3 is 0 Å². The molecule has 2 aliphatic heterocycles. The molecule has 0 spiro atoms. The molecule has 0 aromatic heterocycles. The molecule has 18 heavy (non-hydrogen) atoms. The topological polar surface area (TPSA) is 24.5 Å². The van der Waals surface area contributed by atoms with Crippen molar-refractivity contribution in [3.8, 4) is 0 Å². The molecule has 0 aromatic rings. The number of hydrogen-bond acceptors (Lipinski definition) is 3. The van der Waals surface area contributed by atoms with Crippen molar-refractivity contribution in [2.45, 2.75) is 63.6 Å². The summed E-state index contributed by atoms with van der Waals surface area (Å²) in [5.41, 5.74) is 0.216. The summed E-state index contributed by atoms with van der Waals surface area (Å²) in [4.78, 5) is 2.63. The smallest absolute Gasteiger partial charge is 0.0645 e. The Morgan fingerprint density at radius 3 is 2.89 bits per heavy atom. The Morgan fingerprint density at radius 2 is 2.11 bits per heavy atom. The maximum absolute atomic E-state index is 5.61. The van der Waals surface area contributed by atoms with Crippen molar-refractivity contribution in [2.75, 3.05) is 26.3 Å². The highest BCUT2D eigenvalue weighted by Gasteiger charge is 2.38. The van der Waals surface area contributed by atoms with Crippen molar-refractivity contribution in [2.24, 2.45) is 5.92 Å². The minimum absolute atomic E-state index is 0.216. The maximum atomic E-state index is 5.61. The molecule has 3 heteroatoms. The summed E-state index contributed by atoms with van der Waals surface area (Å²) in [7, 11) is 0. The Balaban J connectivity index is 1.56. The predicted molar refractivity (Wildman–Crippen MR) is 73.8 cm³/mol. The lowest BCUT2D eigenvalue weighted by Gasteiger charge is -2.43. The zero-order chi connectivity index (χ0) is 12.6. The van der Waals surface area contributed by atoms with Crippen molar-refractivity contribution in [1.29, 1.82) is 0 Å². The molecule has 0 aromatic carbocycles. The van der Waals surface area contributed by atoms with Gasteiger partial charge in [-0.25, -0.2) is 0 Å². The van der Waals surface area contributed by atoms with Crippen molar-refractivity contribution in [1.82, 2.24) is 10.2 Å². The van der Waals surface area contributed by atoms with Crippen LogP contribution < -0.4 is 5.32 Å². The molecule has 0 amide bonds. The molecule has 3 unspecified atom stereocenters. The molecule has 3 atom stereocenters. The highest BCUT2D eigenvalue weighted by atomic mass is 16.5. The first-order valence-electron chi connectivity index (χ1n) is 7.74.